The van der Waals surface area contributed by atoms with Gasteiger partial charge in [-0.05, 0) is 57.1 Å². The number of rotatable bonds is 10. The summed E-state index contributed by atoms with van der Waals surface area (Å²) in [6.07, 6.45) is 18.0. The van der Waals surface area contributed by atoms with Crippen molar-refractivity contribution in [2.24, 2.45) is 10.9 Å². The Kier molecular flexibility index (Phi) is 10.5. The summed E-state index contributed by atoms with van der Waals surface area (Å²) in [7, 11) is 0. The molecule has 3 aliphatic rings. The van der Waals surface area contributed by atoms with Gasteiger partial charge >= 0.3 is 0 Å². The lowest BCUT2D eigenvalue weighted by atomic mass is 9.93. The van der Waals surface area contributed by atoms with Crippen molar-refractivity contribution in [1.29, 1.82) is 0 Å². The van der Waals surface area contributed by atoms with E-state index in [0.29, 0.717) is 25.5 Å². The highest BCUT2D eigenvalue weighted by Gasteiger charge is 2.29. The van der Waals surface area contributed by atoms with Crippen molar-refractivity contribution in [3.63, 3.8) is 0 Å². The third kappa shape index (κ3) is 7.18. The zero-order chi connectivity index (χ0) is 20.3. The van der Waals surface area contributed by atoms with Crippen molar-refractivity contribution in [1.82, 2.24) is 10.2 Å². The number of hydrogen-bond donors (Lipinski definition) is 2. The molecule has 3 heterocycles. The Bertz CT molecular complexity index is 707. The van der Waals surface area contributed by atoms with E-state index < -0.39 is 6.10 Å². The van der Waals surface area contributed by atoms with E-state index in [1.807, 2.05) is 37.4 Å². The minimum Gasteiger partial charge on any atom is -0.498 e. The van der Waals surface area contributed by atoms with E-state index in [1.54, 1.807) is 12.3 Å². The lowest BCUT2D eigenvalue weighted by Crippen LogP contribution is -2.25. The van der Waals surface area contributed by atoms with Crippen LogP contribution >= 0.6 is 0 Å². The molecule has 0 aromatic heterocycles. The Balaban J connectivity index is 0.00000240. The molecular weight excluding hydrogens is 378 g/mol. The van der Waals surface area contributed by atoms with Crippen LogP contribution in [0.5, 0.6) is 0 Å². The van der Waals surface area contributed by atoms with E-state index in [-0.39, 0.29) is 14.8 Å². The van der Waals surface area contributed by atoms with Gasteiger partial charge in [-0.3, -0.25) is 9.89 Å². The first-order valence-electron chi connectivity index (χ1n) is 10.6. The van der Waals surface area contributed by atoms with Gasteiger partial charge in [-0.1, -0.05) is 37.8 Å². The van der Waals surface area contributed by atoms with Gasteiger partial charge in [0.25, 0.3) is 0 Å². The number of ether oxygens (including phenoxy) is 2. The first-order chi connectivity index (χ1) is 14.3. The number of hydrogen-bond acceptors (Lipinski definition) is 6. The smallest absolute Gasteiger partial charge is 0.153 e. The summed E-state index contributed by atoms with van der Waals surface area (Å²) in [6, 6.07) is 0. The SMILES string of the molecule is C.CCO/C=C(/C=C\C=C\C(O)C1CN=C2NC=CCC=C21)OCCN1CCCC1.[HH]. The molecule has 6 heteroatoms. The Morgan fingerprint density at radius 1 is 1.40 bits per heavy atom. The molecule has 30 heavy (non-hydrogen) atoms. The normalized spacial score (nSPS) is 22.9. The molecule has 0 aliphatic carbocycles. The summed E-state index contributed by atoms with van der Waals surface area (Å²) in [5.41, 5.74) is 1.10. The van der Waals surface area contributed by atoms with Crippen molar-refractivity contribution in [2.75, 3.05) is 39.4 Å². The average Bonchev–Trinajstić information content (AvgIpc) is 3.33. The van der Waals surface area contributed by atoms with E-state index in [2.05, 4.69) is 21.3 Å². The van der Waals surface area contributed by atoms with E-state index in [4.69, 9.17) is 9.47 Å². The van der Waals surface area contributed by atoms with E-state index in [9.17, 15) is 5.11 Å². The first-order valence-corrected chi connectivity index (χ1v) is 10.6. The van der Waals surface area contributed by atoms with E-state index in [1.165, 1.54) is 25.9 Å². The first kappa shape index (κ1) is 24.0. The maximum atomic E-state index is 10.6. The fourth-order valence-electron chi connectivity index (χ4n) is 3.67. The maximum absolute atomic E-state index is 10.6. The summed E-state index contributed by atoms with van der Waals surface area (Å²) >= 11 is 0. The number of nitrogens with one attached hydrogen (secondary N) is 1. The monoisotopic (exact) mass is 417 g/mol. The number of allylic oxidation sites excluding steroid dienone is 5. The second-order valence-corrected chi connectivity index (χ2v) is 7.35. The minimum atomic E-state index is -0.581. The van der Waals surface area contributed by atoms with Gasteiger partial charge in [-0.25, -0.2) is 0 Å². The fourth-order valence-corrected chi connectivity index (χ4v) is 3.67. The number of likely N-dealkylation sites (tertiary alicyclic amines) is 1. The summed E-state index contributed by atoms with van der Waals surface area (Å²) in [6.45, 7) is 7.07. The van der Waals surface area contributed by atoms with Crippen molar-refractivity contribution >= 4 is 5.84 Å². The minimum absolute atomic E-state index is 0. The summed E-state index contributed by atoms with van der Waals surface area (Å²) in [5, 5.41) is 13.8. The van der Waals surface area contributed by atoms with Gasteiger partial charge in [-0.2, -0.15) is 0 Å². The Hall–Kier alpha value is -2.31. The van der Waals surface area contributed by atoms with Gasteiger partial charge in [0, 0.05) is 13.9 Å². The van der Waals surface area contributed by atoms with Gasteiger partial charge in [0.15, 0.2) is 5.76 Å². The molecule has 0 bridgehead atoms. The molecule has 168 valence electrons. The second kappa shape index (κ2) is 13.1. The molecule has 1 fully saturated rings. The number of aliphatic hydroxyl groups is 1. The van der Waals surface area contributed by atoms with Gasteiger partial charge in [0.2, 0.25) is 0 Å². The number of fused-ring (bicyclic) bond motifs is 1. The number of nitrogens with zero attached hydrogens (tertiary/aromatic N) is 2. The van der Waals surface area contributed by atoms with E-state index in [0.717, 1.165) is 24.4 Å². The number of amidine groups is 1. The molecule has 3 aliphatic heterocycles. The van der Waals surface area contributed by atoms with Crippen LogP contribution in [-0.4, -0.2) is 61.3 Å². The highest BCUT2D eigenvalue weighted by molar-refractivity contribution is 6.01. The Morgan fingerprint density at radius 2 is 2.23 bits per heavy atom. The van der Waals surface area contributed by atoms with Crippen molar-refractivity contribution in [3.8, 4) is 0 Å². The van der Waals surface area contributed by atoms with Crippen LogP contribution in [0.3, 0.4) is 0 Å². The Morgan fingerprint density at radius 3 is 3.03 bits per heavy atom. The lowest BCUT2D eigenvalue weighted by molar-refractivity contribution is 0.163. The number of aliphatic imine (C=N–C) groups is 1. The molecule has 0 spiro atoms. The highest BCUT2D eigenvalue weighted by Crippen LogP contribution is 2.25. The van der Waals surface area contributed by atoms with Crippen LogP contribution in [0.1, 0.15) is 35.0 Å². The molecular formula is C24H39N3O3. The standard InChI is InChI=1S/C23H33N3O3.CH4.H2/c1-2-28-18-19(29-16-15-26-13-7-8-14-26)9-3-4-11-22(27)21-17-25-23-20(21)10-5-6-12-24-23;;/h3-4,6,9-12,18,21-22,27H,2,5,7-8,13-17H2,1H3,(H,24,25);1H4;1H/b9-3-,11-4+,19-18-;;. The van der Waals surface area contributed by atoms with Gasteiger partial charge in [-0.15, -0.1) is 0 Å². The average molecular weight is 418 g/mol. The van der Waals surface area contributed by atoms with Crippen LogP contribution in [0.15, 0.2) is 65.2 Å². The lowest BCUT2D eigenvalue weighted by Gasteiger charge is -2.16. The van der Waals surface area contributed by atoms with Crippen LogP contribution in [0.25, 0.3) is 0 Å². The predicted molar refractivity (Wildman–Crippen MR) is 125 cm³/mol. The van der Waals surface area contributed by atoms with Gasteiger partial charge in [0.1, 0.15) is 18.7 Å². The molecule has 0 amide bonds. The van der Waals surface area contributed by atoms with Crippen molar-refractivity contribution in [3.05, 3.63) is 60.3 Å². The van der Waals surface area contributed by atoms with Crippen LogP contribution in [0, 0.1) is 5.92 Å². The molecule has 0 aromatic carbocycles. The zero-order valence-electron chi connectivity index (χ0n) is 17.3. The summed E-state index contributed by atoms with van der Waals surface area (Å²) in [5.74, 6) is 1.57. The highest BCUT2D eigenvalue weighted by atomic mass is 16.5. The third-order valence-electron chi connectivity index (χ3n) is 5.26. The predicted octanol–water partition coefficient (Wildman–Crippen LogP) is 3.79. The van der Waals surface area contributed by atoms with Crippen LogP contribution in [-0.2, 0) is 9.47 Å². The third-order valence-corrected chi connectivity index (χ3v) is 5.26. The second-order valence-electron chi connectivity index (χ2n) is 7.35. The quantitative estimate of drug-likeness (QED) is 0.418. The molecule has 0 saturated carbocycles. The number of aliphatic hydroxyl groups excluding tert-OH is 1. The molecule has 0 aromatic rings. The van der Waals surface area contributed by atoms with Crippen LogP contribution in [0.2, 0.25) is 0 Å². The molecule has 6 nitrogen and oxygen atoms in total. The van der Waals surface area contributed by atoms with Crippen molar-refractivity contribution < 1.29 is 16.0 Å². The van der Waals surface area contributed by atoms with Gasteiger partial charge in [0.05, 0.1) is 19.3 Å². The topological polar surface area (TPSA) is 66.3 Å². The molecule has 2 unspecified atom stereocenters. The Labute approximate surface area is 182 Å². The summed E-state index contributed by atoms with van der Waals surface area (Å²) in [4.78, 5) is 6.92. The largest absolute Gasteiger partial charge is 0.498 e. The van der Waals surface area contributed by atoms with Crippen LogP contribution < -0.4 is 5.32 Å². The fraction of sp³-hybridized carbons (Fsp3) is 0.542. The molecule has 0 radical (unpaired) electrons. The molecule has 3 rings (SSSR count). The molecule has 1 saturated heterocycles. The molecule has 2 N–H and O–H groups in total. The zero-order valence-corrected chi connectivity index (χ0v) is 17.3. The van der Waals surface area contributed by atoms with Crippen LogP contribution in [0.4, 0.5) is 0 Å². The van der Waals surface area contributed by atoms with Crippen molar-refractivity contribution in [2.45, 2.75) is 39.7 Å². The maximum Gasteiger partial charge on any atom is 0.153 e. The summed E-state index contributed by atoms with van der Waals surface area (Å²) < 4.78 is 11.3. The van der Waals surface area contributed by atoms with E-state index >= 15 is 0 Å². The van der Waals surface area contributed by atoms with Gasteiger partial charge < -0.3 is 19.9 Å². The molecule has 2 atom stereocenters.